The summed E-state index contributed by atoms with van der Waals surface area (Å²) in [6.07, 6.45) is 1.53. The fourth-order valence-corrected chi connectivity index (χ4v) is 5.53. The molecule has 4 aromatic rings. The lowest BCUT2D eigenvalue weighted by molar-refractivity contribution is 0.0983. The van der Waals surface area contributed by atoms with Crippen LogP contribution in [-0.4, -0.2) is 31.7 Å². The normalized spacial score (nSPS) is 11.8. The second-order valence-corrected chi connectivity index (χ2v) is 11.4. The topological polar surface area (TPSA) is 89.7 Å². The lowest BCUT2D eigenvalue weighted by Gasteiger charge is -2.19. The van der Waals surface area contributed by atoms with Crippen LogP contribution in [0.15, 0.2) is 64.1 Å². The molecule has 33 heavy (non-hydrogen) atoms. The third-order valence-electron chi connectivity index (χ3n) is 5.09. The van der Waals surface area contributed by atoms with Crippen molar-refractivity contribution >= 4 is 54.0 Å². The number of hydrogen-bond donors (Lipinski definition) is 0. The average molecular weight is 505 g/mol. The number of hydrogen-bond acceptors (Lipinski definition) is 7. The van der Waals surface area contributed by atoms with Crippen LogP contribution in [0.1, 0.15) is 30.0 Å². The van der Waals surface area contributed by atoms with Crippen molar-refractivity contribution in [2.75, 3.05) is 12.0 Å². The molecule has 0 bridgehead atoms. The van der Waals surface area contributed by atoms with E-state index in [1.807, 2.05) is 0 Å². The molecule has 1 amide bonds. The van der Waals surface area contributed by atoms with Gasteiger partial charge in [0.2, 0.25) is 0 Å². The van der Waals surface area contributed by atoms with Gasteiger partial charge in [-0.05, 0) is 62.4 Å². The molecule has 0 atom stereocenters. The number of carbonyl (C=O) groups excluding carboxylic acids is 1. The quantitative estimate of drug-likeness (QED) is 0.326. The largest absolute Gasteiger partial charge is 0.494 e. The van der Waals surface area contributed by atoms with E-state index in [0.717, 1.165) is 0 Å². The molecule has 0 aliphatic rings. The summed E-state index contributed by atoms with van der Waals surface area (Å²) in [7, 11) is -1.90. The highest BCUT2D eigenvalue weighted by Crippen LogP contribution is 2.39. The molecular weight excluding hydrogens is 484 g/mol. The molecule has 2 aromatic heterocycles. The van der Waals surface area contributed by atoms with Crippen molar-refractivity contribution in [3.05, 3.63) is 71.1 Å². The van der Waals surface area contributed by atoms with Gasteiger partial charge in [0.05, 0.1) is 39.8 Å². The summed E-state index contributed by atoms with van der Waals surface area (Å²) in [5.41, 5.74) is 0.877. The predicted molar refractivity (Wildman–Crippen MR) is 129 cm³/mol. The monoisotopic (exact) mass is 504 g/mol. The number of halogens is 1. The van der Waals surface area contributed by atoms with Gasteiger partial charge in [-0.1, -0.05) is 22.9 Å². The molecule has 10 heteroatoms. The zero-order valence-corrected chi connectivity index (χ0v) is 20.5. The fraction of sp³-hybridized carbons (Fsp3) is 0.217. The third kappa shape index (κ3) is 4.48. The van der Waals surface area contributed by atoms with E-state index in [1.54, 1.807) is 45.2 Å². The van der Waals surface area contributed by atoms with Crippen LogP contribution in [-0.2, 0) is 16.4 Å². The molecule has 7 nitrogen and oxygen atoms in total. The molecule has 0 unspecified atom stereocenters. The first kappa shape index (κ1) is 23.3. The Morgan fingerprint density at radius 1 is 1.18 bits per heavy atom. The molecule has 0 aliphatic carbocycles. The first-order valence-corrected chi connectivity index (χ1v) is 12.8. The molecule has 0 aliphatic heterocycles. The number of sulfone groups is 1. The zero-order valence-electron chi connectivity index (χ0n) is 18.1. The molecule has 2 heterocycles. The van der Waals surface area contributed by atoms with Crippen LogP contribution in [0.25, 0.3) is 10.2 Å². The van der Waals surface area contributed by atoms with E-state index >= 15 is 0 Å². The number of ether oxygens (including phenoxy) is 1. The second kappa shape index (κ2) is 9.17. The number of thiazole rings is 1. The van der Waals surface area contributed by atoms with Crippen LogP contribution in [0.4, 0.5) is 5.13 Å². The summed E-state index contributed by atoms with van der Waals surface area (Å²) in [6, 6.07) is 12.9. The van der Waals surface area contributed by atoms with Gasteiger partial charge in [-0.15, -0.1) is 0 Å². The maximum absolute atomic E-state index is 13.5. The lowest BCUT2D eigenvalue weighted by Crippen LogP contribution is -2.30. The summed E-state index contributed by atoms with van der Waals surface area (Å²) < 4.78 is 36.4. The highest BCUT2D eigenvalue weighted by molar-refractivity contribution is 7.92. The molecule has 0 spiro atoms. The van der Waals surface area contributed by atoms with Gasteiger partial charge in [0.1, 0.15) is 17.0 Å². The smallest absolute Gasteiger partial charge is 0.260 e. The van der Waals surface area contributed by atoms with E-state index in [0.29, 0.717) is 37.4 Å². The van der Waals surface area contributed by atoms with E-state index in [1.165, 1.54) is 46.8 Å². The molecule has 0 radical (unpaired) electrons. The van der Waals surface area contributed by atoms with Crippen LogP contribution < -0.4 is 9.64 Å². The number of fused-ring (bicyclic) bond motifs is 1. The van der Waals surface area contributed by atoms with E-state index < -0.39 is 15.1 Å². The zero-order chi connectivity index (χ0) is 23.8. The number of carbonyl (C=O) groups is 1. The highest BCUT2D eigenvalue weighted by atomic mass is 35.5. The number of anilines is 1. The maximum atomic E-state index is 13.5. The lowest BCUT2D eigenvalue weighted by atomic mass is 10.2. The van der Waals surface area contributed by atoms with Crippen LogP contribution in [0.5, 0.6) is 5.75 Å². The number of furan rings is 1. The van der Waals surface area contributed by atoms with E-state index in [-0.39, 0.29) is 17.3 Å². The van der Waals surface area contributed by atoms with E-state index in [2.05, 4.69) is 4.98 Å². The summed E-state index contributed by atoms with van der Waals surface area (Å²) >= 11 is 7.63. The number of methoxy groups -OCH3 is 1. The van der Waals surface area contributed by atoms with Gasteiger partial charge >= 0.3 is 0 Å². The molecule has 0 saturated carbocycles. The maximum Gasteiger partial charge on any atom is 0.260 e. The number of aromatic nitrogens is 1. The molecule has 2 aromatic carbocycles. The van der Waals surface area contributed by atoms with Crippen LogP contribution in [0, 0.1) is 0 Å². The molecule has 172 valence electrons. The highest BCUT2D eigenvalue weighted by Gasteiger charge is 2.25. The molecule has 4 rings (SSSR count). The number of rotatable bonds is 7. The predicted octanol–water partition coefficient (Wildman–Crippen LogP) is 5.58. The minimum Gasteiger partial charge on any atom is -0.494 e. The summed E-state index contributed by atoms with van der Waals surface area (Å²) in [4.78, 5) is 19.8. The first-order chi connectivity index (χ1) is 15.7. The van der Waals surface area contributed by atoms with Crippen molar-refractivity contribution < 1.29 is 22.4 Å². The molecular formula is C23H21ClN2O5S2. The Bertz CT molecular complexity index is 1390. The van der Waals surface area contributed by atoms with Crippen molar-refractivity contribution in [1.82, 2.24) is 4.98 Å². The Labute approximate surface area is 200 Å². The Morgan fingerprint density at radius 3 is 2.52 bits per heavy atom. The SMILES string of the molecule is COc1ccc(Cl)c2sc(N(Cc3ccco3)C(=O)c3ccc(S(=O)(=O)C(C)C)cc3)nc12. The molecule has 0 saturated heterocycles. The van der Waals surface area contributed by atoms with Gasteiger partial charge in [0.25, 0.3) is 5.91 Å². The second-order valence-electron chi connectivity index (χ2n) is 7.51. The van der Waals surface area contributed by atoms with Crippen molar-refractivity contribution in [2.24, 2.45) is 0 Å². The molecule has 0 fully saturated rings. The fourth-order valence-electron chi connectivity index (χ4n) is 3.22. The van der Waals surface area contributed by atoms with Crippen LogP contribution in [0.2, 0.25) is 5.02 Å². The summed E-state index contributed by atoms with van der Waals surface area (Å²) in [5, 5.41) is 0.358. The van der Waals surface area contributed by atoms with Gasteiger partial charge in [0, 0.05) is 5.56 Å². The van der Waals surface area contributed by atoms with Crippen molar-refractivity contribution in [2.45, 2.75) is 30.5 Å². The van der Waals surface area contributed by atoms with Gasteiger partial charge < -0.3 is 9.15 Å². The molecule has 0 N–H and O–H groups in total. The van der Waals surface area contributed by atoms with Crippen molar-refractivity contribution in [3.8, 4) is 5.75 Å². The summed E-state index contributed by atoms with van der Waals surface area (Å²) in [6.45, 7) is 3.37. The van der Waals surface area contributed by atoms with Gasteiger partial charge in [-0.2, -0.15) is 0 Å². The van der Waals surface area contributed by atoms with Crippen molar-refractivity contribution in [1.29, 1.82) is 0 Å². The summed E-state index contributed by atoms with van der Waals surface area (Å²) in [5.74, 6) is 0.763. The van der Waals surface area contributed by atoms with E-state index in [4.69, 9.17) is 20.8 Å². The number of nitrogens with zero attached hydrogens (tertiary/aromatic N) is 2. The first-order valence-electron chi connectivity index (χ1n) is 10.0. The average Bonchev–Trinajstić information content (AvgIpc) is 3.48. The van der Waals surface area contributed by atoms with E-state index in [9.17, 15) is 13.2 Å². The minimum atomic E-state index is -3.44. The number of benzene rings is 2. The number of amides is 1. The van der Waals surface area contributed by atoms with Gasteiger partial charge in [-0.3, -0.25) is 9.69 Å². The van der Waals surface area contributed by atoms with Gasteiger partial charge in [0.15, 0.2) is 15.0 Å². The standard InChI is InChI=1S/C23H21ClN2O5S2/c1-14(2)33(28,29)17-8-6-15(7-9-17)22(27)26(13-16-5-4-12-31-16)23-25-20-19(30-3)11-10-18(24)21(20)32-23/h4-12,14H,13H2,1-3H3. The van der Waals surface area contributed by atoms with Crippen LogP contribution in [0.3, 0.4) is 0 Å². The minimum absolute atomic E-state index is 0.137. The Morgan fingerprint density at radius 2 is 1.91 bits per heavy atom. The third-order valence-corrected chi connectivity index (χ3v) is 8.80. The van der Waals surface area contributed by atoms with Gasteiger partial charge in [-0.25, -0.2) is 13.4 Å². The Balaban J connectivity index is 1.76. The van der Waals surface area contributed by atoms with Crippen LogP contribution >= 0.6 is 22.9 Å². The Hall–Kier alpha value is -2.88. The Kier molecular flexibility index (Phi) is 6.47. The van der Waals surface area contributed by atoms with Crippen molar-refractivity contribution in [3.63, 3.8) is 0 Å².